The summed E-state index contributed by atoms with van der Waals surface area (Å²) in [4.78, 5) is 16.9. The number of carbonyl (C=O) groups excluding carboxylic acids is 1. The first kappa shape index (κ1) is 17.5. The number of aromatic nitrogens is 1. The van der Waals surface area contributed by atoms with E-state index in [-0.39, 0.29) is 5.84 Å². The lowest BCUT2D eigenvalue weighted by atomic mass is 10.1. The molecule has 1 aromatic heterocycles. The Kier molecular flexibility index (Phi) is 5.19. The van der Waals surface area contributed by atoms with Crippen LogP contribution >= 0.6 is 11.6 Å². The van der Waals surface area contributed by atoms with E-state index in [9.17, 15) is 4.79 Å². The monoisotopic (exact) mass is 370 g/mol. The van der Waals surface area contributed by atoms with E-state index in [0.29, 0.717) is 27.7 Å². The molecule has 3 aromatic rings. The third kappa shape index (κ3) is 4.01. The molecule has 3 N–H and O–H groups in total. The first-order valence-electron chi connectivity index (χ1n) is 7.63. The number of rotatable bonds is 4. The molecule has 2 aromatic carbocycles. The quantitative estimate of drug-likeness (QED) is 0.310. The summed E-state index contributed by atoms with van der Waals surface area (Å²) in [7, 11) is 0. The van der Waals surface area contributed by atoms with Crippen molar-refractivity contribution in [2.75, 3.05) is 5.32 Å². The maximum absolute atomic E-state index is 12.0. The summed E-state index contributed by atoms with van der Waals surface area (Å²) < 4.78 is 5.16. The molecule has 3 rings (SSSR count). The molecular formula is C18H15ClN4O3. The van der Waals surface area contributed by atoms with E-state index in [1.54, 1.807) is 31.2 Å². The minimum absolute atomic E-state index is 0.0436. The van der Waals surface area contributed by atoms with Gasteiger partial charge in [-0.25, -0.2) is 4.79 Å². The lowest BCUT2D eigenvalue weighted by Crippen LogP contribution is -2.17. The van der Waals surface area contributed by atoms with Crippen LogP contribution in [0, 0.1) is 6.92 Å². The number of benzene rings is 2. The third-order valence-electron chi connectivity index (χ3n) is 3.50. The zero-order valence-corrected chi connectivity index (χ0v) is 14.5. The zero-order chi connectivity index (χ0) is 18.5. The van der Waals surface area contributed by atoms with Gasteiger partial charge >= 0.3 is 6.09 Å². The number of carbonyl (C=O) groups is 1. The topological polar surface area (TPSA) is 103 Å². The molecule has 0 radical (unpaired) electrons. The van der Waals surface area contributed by atoms with Crippen molar-refractivity contribution in [3.05, 3.63) is 70.9 Å². The van der Waals surface area contributed by atoms with Crippen LogP contribution < -0.4 is 11.1 Å². The molecule has 0 aliphatic carbocycles. The van der Waals surface area contributed by atoms with Gasteiger partial charge in [-0.2, -0.15) is 0 Å². The second-order valence-corrected chi connectivity index (χ2v) is 5.75. The molecule has 0 spiro atoms. The fourth-order valence-electron chi connectivity index (χ4n) is 2.20. The molecule has 0 aliphatic heterocycles. The Hall–Kier alpha value is -3.32. The normalized spacial score (nSPS) is 11.2. The number of nitrogens with zero attached hydrogens (tertiary/aromatic N) is 2. The van der Waals surface area contributed by atoms with Gasteiger partial charge in [0.1, 0.15) is 11.4 Å². The van der Waals surface area contributed by atoms with Crippen LogP contribution in [-0.4, -0.2) is 17.1 Å². The standard InChI is InChI=1S/C18H15ClN4O3/c1-11-15(16(22-25-11)12-5-3-2-4-6-12)21-18(24)26-23-17(20)13-7-9-14(19)10-8-13/h2-10H,1H3,(H2,20,23)(H,21,24). The van der Waals surface area contributed by atoms with Crippen LogP contribution in [0.25, 0.3) is 11.3 Å². The molecule has 8 heteroatoms. The number of amides is 1. The van der Waals surface area contributed by atoms with Gasteiger partial charge in [0.2, 0.25) is 0 Å². The molecule has 0 fully saturated rings. The summed E-state index contributed by atoms with van der Waals surface area (Å²) in [5.41, 5.74) is 8.06. The molecule has 1 amide bonds. The van der Waals surface area contributed by atoms with Crippen molar-refractivity contribution in [1.82, 2.24) is 5.16 Å². The Morgan fingerprint density at radius 3 is 2.58 bits per heavy atom. The van der Waals surface area contributed by atoms with Crippen molar-refractivity contribution in [3.63, 3.8) is 0 Å². The first-order chi connectivity index (χ1) is 12.5. The van der Waals surface area contributed by atoms with Crippen LogP contribution in [0.4, 0.5) is 10.5 Å². The summed E-state index contributed by atoms with van der Waals surface area (Å²) in [6, 6.07) is 16.0. The lowest BCUT2D eigenvalue weighted by Gasteiger charge is -2.05. The van der Waals surface area contributed by atoms with E-state index in [1.807, 2.05) is 30.3 Å². The van der Waals surface area contributed by atoms with Gasteiger partial charge < -0.3 is 10.3 Å². The second kappa shape index (κ2) is 7.71. The Morgan fingerprint density at radius 2 is 1.88 bits per heavy atom. The maximum atomic E-state index is 12.0. The van der Waals surface area contributed by atoms with Crippen molar-refractivity contribution in [1.29, 1.82) is 0 Å². The fraction of sp³-hybridized carbons (Fsp3) is 0.0556. The van der Waals surface area contributed by atoms with Gasteiger partial charge in [-0.1, -0.05) is 52.2 Å². The lowest BCUT2D eigenvalue weighted by molar-refractivity contribution is 0.166. The largest absolute Gasteiger partial charge is 0.438 e. The molecular weight excluding hydrogens is 356 g/mol. The number of hydrogen-bond donors (Lipinski definition) is 2. The van der Waals surface area contributed by atoms with E-state index in [1.165, 1.54) is 0 Å². The fourth-order valence-corrected chi connectivity index (χ4v) is 2.33. The van der Waals surface area contributed by atoms with E-state index in [0.717, 1.165) is 5.56 Å². The smallest absolute Gasteiger partial charge is 0.380 e. The number of oxime groups is 1. The Morgan fingerprint density at radius 1 is 1.19 bits per heavy atom. The van der Waals surface area contributed by atoms with Crippen molar-refractivity contribution < 1.29 is 14.2 Å². The minimum Gasteiger partial charge on any atom is -0.380 e. The summed E-state index contributed by atoms with van der Waals surface area (Å²) >= 11 is 5.81. The van der Waals surface area contributed by atoms with E-state index in [2.05, 4.69) is 15.6 Å². The Bertz CT molecular complexity index is 937. The summed E-state index contributed by atoms with van der Waals surface area (Å²) in [5, 5.41) is 10.7. The van der Waals surface area contributed by atoms with Crippen LogP contribution in [0.15, 0.2) is 64.3 Å². The van der Waals surface area contributed by atoms with Gasteiger partial charge in [0.05, 0.1) is 0 Å². The zero-order valence-electron chi connectivity index (χ0n) is 13.8. The molecule has 0 saturated heterocycles. The van der Waals surface area contributed by atoms with Crippen molar-refractivity contribution in [2.45, 2.75) is 6.92 Å². The molecule has 0 atom stereocenters. The molecule has 0 saturated carbocycles. The predicted molar refractivity (Wildman–Crippen MR) is 99.0 cm³/mol. The molecule has 26 heavy (non-hydrogen) atoms. The number of amidine groups is 1. The number of hydrogen-bond acceptors (Lipinski definition) is 5. The van der Waals surface area contributed by atoms with E-state index >= 15 is 0 Å². The average Bonchev–Trinajstić information content (AvgIpc) is 3.01. The number of nitrogens with one attached hydrogen (secondary N) is 1. The highest BCUT2D eigenvalue weighted by molar-refractivity contribution is 6.30. The number of nitrogens with two attached hydrogens (primary N) is 1. The SMILES string of the molecule is Cc1onc(-c2ccccc2)c1NC(=O)O/N=C(\N)c1ccc(Cl)cc1. The highest BCUT2D eigenvalue weighted by Gasteiger charge is 2.18. The van der Waals surface area contributed by atoms with Crippen LogP contribution in [0.2, 0.25) is 5.02 Å². The molecule has 132 valence electrons. The highest BCUT2D eigenvalue weighted by atomic mass is 35.5. The van der Waals surface area contributed by atoms with Gasteiger partial charge in [-0.3, -0.25) is 10.2 Å². The minimum atomic E-state index is -0.814. The predicted octanol–water partition coefficient (Wildman–Crippen LogP) is 4.17. The van der Waals surface area contributed by atoms with E-state index < -0.39 is 6.09 Å². The van der Waals surface area contributed by atoms with Crippen LogP contribution in [0.5, 0.6) is 0 Å². The van der Waals surface area contributed by atoms with Crippen molar-refractivity contribution >= 4 is 29.2 Å². The molecule has 0 unspecified atom stereocenters. The average molecular weight is 371 g/mol. The number of aryl methyl sites for hydroxylation is 1. The molecule has 0 aliphatic rings. The van der Waals surface area contributed by atoms with Gasteiger partial charge in [0.25, 0.3) is 0 Å². The van der Waals surface area contributed by atoms with Gasteiger partial charge in [-0.05, 0) is 31.2 Å². The highest BCUT2D eigenvalue weighted by Crippen LogP contribution is 2.29. The van der Waals surface area contributed by atoms with Gasteiger partial charge in [0.15, 0.2) is 11.6 Å². The number of halogens is 1. The first-order valence-corrected chi connectivity index (χ1v) is 8.01. The van der Waals surface area contributed by atoms with Crippen molar-refractivity contribution in [2.24, 2.45) is 10.9 Å². The molecule has 7 nitrogen and oxygen atoms in total. The summed E-state index contributed by atoms with van der Waals surface area (Å²) in [6.07, 6.45) is -0.814. The Balaban J connectivity index is 1.72. The van der Waals surface area contributed by atoms with Gasteiger partial charge in [0, 0.05) is 16.1 Å². The van der Waals surface area contributed by atoms with Crippen LogP contribution in [0.1, 0.15) is 11.3 Å². The van der Waals surface area contributed by atoms with E-state index in [4.69, 9.17) is 26.7 Å². The third-order valence-corrected chi connectivity index (χ3v) is 3.76. The molecule has 1 heterocycles. The number of anilines is 1. The summed E-state index contributed by atoms with van der Waals surface area (Å²) in [5.74, 6) is 0.484. The second-order valence-electron chi connectivity index (χ2n) is 5.32. The van der Waals surface area contributed by atoms with Crippen LogP contribution in [-0.2, 0) is 4.84 Å². The van der Waals surface area contributed by atoms with Gasteiger partial charge in [-0.15, -0.1) is 0 Å². The van der Waals surface area contributed by atoms with Crippen LogP contribution in [0.3, 0.4) is 0 Å². The summed E-state index contributed by atoms with van der Waals surface area (Å²) in [6.45, 7) is 1.68. The molecule has 0 bridgehead atoms. The van der Waals surface area contributed by atoms with Crippen molar-refractivity contribution in [3.8, 4) is 11.3 Å². The maximum Gasteiger partial charge on any atom is 0.438 e. The Labute approximate surface area is 154 Å².